The molecule has 0 radical (unpaired) electrons. The minimum atomic E-state index is -3.32. The van der Waals surface area contributed by atoms with Gasteiger partial charge in [-0.2, -0.15) is 4.31 Å². The van der Waals surface area contributed by atoms with Crippen molar-refractivity contribution in [1.29, 1.82) is 0 Å². The van der Waals surface area contributed by atoms with E-state index in [4.69, 9.17) is 4.74 Å². The van der Waals surface area contributed by atoms with Gasteiger partial charge in [0.2, 0.25) is 0 Å². The molecular formula is C16H20ClN2O3S2-. The number of benzene rings is 1. The third-order valence-corrected chi connectivity index (χ3v) is 7.23. The summed E-state index contributed by atoms with van der Waals surface area (Å²) in [6, 6.07) is 11.4. The fraction of sp³-hybridized carbons (Fsp3) is 0.375. The van der Waals surface area contributed by atoms with Crippen molar-refractivity contribution in [3.05, 3.63) is 47.3 Å². The summed E-state index contributed by atoms with van der Waals surface area (Å²) in [6.45, 7) is 3.35. The van der Waals surface area contributed by atoms with E-state index in [1.165, 1.54) is 16.9 Å². The van der Waals surface area contributed by atoms with Crippen molar-refractivity contribution in [2.24, 2.45) is 0 Å². The molecule has 24 heavy (non-hydrogen) atoms. The topological polar surface area (TPSA) is 49.9 Å². The summed E-state index contributed by atoms with van der Waals surface area (Å²) >= 11 is 1.27. The maximum atomic E-state index is 12.5. The predicted octanol–water partition coefficient (Wildman–Crippen LogP) is -0.733. The van der Waals surface area contributed by atoms with Crippen LogP contribution in [0.2, 0.25) is 0 Å². The molecule has 0 atom stereocenters. The van der Waals surface area contributed by atoms with Crippen molar-refractivity contribution in [3.63, 3.8) is 0 Å². The Morgan fingerprint density at radius 1 is 1.12 bits per heavy atom. The Kier molecular flexibility index (Phi) is 6.65. The van der Waals surface area contributed by atoms with Crippen LogP contribution in [-0.4, -0.2) is 50.9 Å². The third-order valence-electron chi connectivity index (χ3n) is 3.96. The summed E-state index contributed by atoms with van der Waals surface area (Å²) in [5.41, 5.74) is 1.18. The van der Waals surface area contributed by atoms with Crippen LogP contribution in [0.5, 0.6) is 5.75 Å². The molecule has 1 saturated heterocycles. The van der Waals surface area contributed by atoms with Crippen LogP contribution in [0.3, 0.4) is 0 Å². The Balaban J connectivity index is 0.00000208. The Bertz CT molecular complexity index is 742. The van der Waals surface area contributed by atoms with Crippen LogP contribution < -0.4 is 17.1 Å². The number of hydrogen-bond acceptors (Lipinski definition) is 5. The van der Waals surface area contributed by atoms with E-state index >= 15 is 0 Å². The zero-order valence-corrected chi connectivity index (χ0v) is 15.8. The first-order valence-electron chi connectivity index (χ1n) is 7.48. The Hall–Kier alpha value is -1.12. The van der Waals surface area contributed by atoms with E-state index in [2.05, 4.69) is 11.0 Å². The van der Waals surface area contributed by atoms with Crippen LogP contribution in [0.15, 0.2) is 46.0 Å². The van der Waals surface area contributed by atoms with E-state index in [-0.39, 0.29) is 12.4 Å². The molecule has 1 aliphatic rings. The fourth-order valence-corrected chi connectivity index (χ4v) is 5.26. The normalized spacial score (nSPS) is 16.5. The second-order valence-corrected chi connectivity index (χ2v) is 8.58. The molecular weight excluding hydrogens is 368 g/mol. The molecule has 8 heteroatoms. The molecule has 1 aromatic carbocycles. The smallest absolute Gasteiger partial charge is 0.252 e. The molecule has 3 rings (SSSR count). The first-order valence-corrected chi connectivity index (χ1v) is 9.80. The Morgan fingerprint density at radius 3 is 2.50 bits per heavy atom. The molecule has 0 amide bonds. The van der Waals surface area contributed by atoms with Crippen molar-refractivity contribution in [1.82, 2.24) is 9.21 Å². The van der Waals surface area contributed by atoms with Gasteiger partial charge in [-0.3, -0.25) is 4.90 Å². The van der Waals surface area contributed by atoms with Gasteiger partial charge in [-0.15, -0.1) is 11.3 Å². The van der Waals surface area contributed by atoms with Crippen LogP contribution in [0.4, 0.5) is 0 Å². The standard InChI is InChI=1S/C16H20N2O3S2.ClH/c1-21-15-5-2-4-14(12-15)13-17-7-9-18(10-8-17)23(19,20)16-6-3-11-22-16;/h2-6,11-12H,7-10,13H2,1H3;1H/p-1. The quantitative estimate of drug-likeness (QED) is 0.678. The number of thiophene rings is 1. The van der Waals surface area contributed by atoms with Crippen molar-refractivity contribution >= 4 is 21.4 Å². The van der Waals surface area contributed by atoms with E-state index in [0.717, 1.165) is 25.4 Å². The van der Waals surface area contributed by atoms with Gasteiger partial charge in [0, 0.05) is 32.7 Å². The van der Waals surface area contributed by atoms with E-state index in [0.29, 0.717) is 17.3 Å². The van der Waals surface area contributed by atoms with Crippen LogP contribution >= 0.6 is 11.3 Å². The molecule has 2 heterocycles. The molecule has 2 aromatic rings. The summed E-state index contributed by atoms with van der Waals surface area (Å²) in [4.78, 5) is 2.27. The number of ether oxygens (including phenoxy) is 1. The van der Waals surface area contributed by atoms with Crippen molar-refractivity contribution in [2.75, 3.05) is 33.3 Å². The minimum absolute atomic E-state index is 0. The first-order chi connectivity index (χ1) is 11.1. The minimum Gasteiger partial charge on any atom is -1.00 e. The maximum Gasteiger partial charge on any atom is 0.252 e. The molecule has 0 N–H and O–H groups in total. The Labute approximate surface area is 153 Å². The largest absolute Gasteiger partial charge is 1.00 e. The third kappa shape index (κ3) is 4.29. The summed E-state index contributed by atoms with van der Waals surface area (Å²) in [7, 11) is -1.66. The summed E-state index contributed by atoms with van der Waals surface area (Å²) in [5.74, 6) is 0.849. The summed E-state index contributed by atoms with van der Waals surface area (Å²) < 4.78 is 32.3. The van der Waals surface area contributed by atoms with Crippen LogP contribution in [0.25, 0.3) is 0 Å². The van der Waals surface area contributed by atoms with Crippen molar-refractivity contribution < 1.29 is 25.6 Å². The van der Waals surface area contributed by atoms with Gasteiger partial charge in [0.05, 0.1) is 7.11 Å². The van der Waals surface area contributed by atoms with Crippen molar-refractivity contribution in [3.8, 4) is 5.75 Å². The number of nitrogens with zero attached hydrogens (tertiary/aromatic N) is 2. The number of rotatable bonds is 5. The van der Waals surface area contributed by atoms with Crippen molar-refractivity contribution in [2.45, 2.75) is 10.8 Å². The number of sulfonamides is 1. The highest BCUT2D eigenvalue weighted by atomic mass is 35.5. The van der Waals surface area contributed by atoms with Gasteiger partial charge in [-0.1, -0.05) is 18.2 Å². The van der Waals surface area contributed by atoms with Gasteiger partial charge in [0.1, 0.15) is 9.96 Å². The molecule has 5 nitrogen and oxygen atoms in total. The van der Waals surface area contributed by atoms with E-state index in [1.807, 2.05) is 18.2 Å². The lowest BCUT2D eigenvalue weighted by molar-refractivity contribution is -0.00000766. The summed E-state index contributed by atoms with van der Waals surface area (Å²) in [5, 5.41) is 1.80. The molecule has 1 aromatic heterocycles. The fourth-order valence-electron chi connectivity index (χ4n) is 2.69. The highest BCUT2D eigenvalue weighted by molar-refractivity contribution is 7.91. The molecule has 0 spiro atoms. The molecule has 1 fully saturated rings. The van der Waals surface area contributed by atoms with E-state index in [1.54, 1.807) is 28.9 Å². The second kappa shape index (κ2) is 8.31. The maximum absolute atomic E-state index is 12.5. The average Bonchev–Trinajstić information content (AvgIpc) is 3.11. The average molecular weight is 388 g/mol. The molecule has 132 valence electrons. The van der Waals surface area contributed by atoms with Crippen LogP contribution in [0.1, 0.15) is 5.56 Å². The molecule has 0 saturated carbocycles. The number of halogens is 1. The van der Waals surface area contributed by atoms with Gasteiger partial charge in [0.25, 0.3) is 10.0 Å². The lowest BCUT2D eigenvalue weighted by Crippen LogP contribution is -3.00. The van der Waals surface area contributed by atoms with Gasteiger partial charge in [-0.25, -0.2) is 8.42 Å². The van der Waals surface area contributed by atoms with Crippen LogP contribution in [-0.2, 0) is 16.6 Å². The van der Waals surface area contributed by atoms with E-state index < -0.39 is 10.0 Å². The molecule has 0 aliphatic carbocycles. The van der Waals surface area contributed by atoms with Gasteiger partial charge < -0.3 is 17.1 Å². The Morgan fingerprint density at radius 2 is 1.88 bits per heavy atom. The van der Waals surface area contributed by atoms with Crippen LogP contribution in [0, 0.1) is 0 Å². The highest BCUT2D eigenvalue weighted by Crippen LogP contribution is 2.22. The number of hydrogen-bond donors (Lipinski definition) is 0. The summed E-state index contributed by atoms with van der Waals surface area (Å²) in [6.07, 6.45) is 0. The predicted molar refractivity (Wildman–Crippen MR) is 91.3 cm³/mol. The highest BCUT2D eigenvalue weighted by Gasteiger charge is 2.29. The first kappa shape index (κ1) is 19.2. The molecule has 0 bridgehead atoms. The monoisotopic (exact) mass is 387 g/mol. The molecule has 1 aliphatic heterocycles. The van der Waals surface area contributed by atoms with Gasteiger partial charge in [0.15, 0.2) is 0 Å². The zero-order chi connectivity index (χ0) is 16.3. The lowest BCUT2D eigenvalue weighted by atomic mass is 10.2. The second-order valence-electron chi connectivity index (χ2n) is 5.46. The number of piperazine rings is 1. The van der Waals surface area contributed by atoms with Gasteiger partial charge >= 0.3 is 0 Å². The number of methoxy groups -OCH3 is 1. The van der Waals surface area contributed by atoms with Gasteiger partial charge in [-0.05, 0) is 29.1 Å². The lowest BCUT2D eigenvalue weighted by Gasteiger charge is -2.33. The van der Waals surface area contributed by atoms with E-state index in [9.17, 15) is 8.42 Å². The zero-order valence-electron chi connectivity index (χ0n) is 13.4. The SMILES string of the molecule is COc1cccc(CN2CCN(S(=O)(=O)c3cccs3)CC2)c1.[Cl-]. The molecule has 0 unspecified atom stereocenters.